The zero-order valence-corrected chi connectivity index (χ0v) is 12.1. The summed E-state index contributed by atoms with van der Waals surface area (Å²) < 4.78 is 24.0. The molecule has 1 aromatic carbocycles. The predicted molar refractivity (Wildman–Crippen MR) is 70.8 cm³/mol. The lowest BCUT2D eigenvalue weighted by Crippen LogP contribution is -2.38. The normalized spacial score (nSPS) is 14.4. The fourth-order valence-corrected chi connectivity index (χ4v) is 2.01. The zero-order valence-electron chi connectivity index (χ0n) is 10.5. The van der Waals surface area contributed by atoms with E-state index in [0.717, 1.165) is 0 Å². The highest BCUT2D eigenvalue weighted by molar-refractivity contribution is 9.10. The van der Waals surface area contributed by atoms with Gasteiger partial charge in [-0.25, -0.2) is 4.39 Å². The Morgan fingerprint density at radius 3 is 2.95 bits per heavy atom. The van der Waals surface area contributed by atoms with Crippen LogP contribution in [-0.2, 0) is 10.3 Å². The Balaban J connectivity index is 2.38. The first-order valence-electron chi connectivity index (χ1n) is 5.51. The molecule has 2 N–H and O–H groups in total. The van der Waals surface area contributed by atoms with E-state index in [1.807, 2.05) is 0 Å². The van der Waals surface area contributed by atoms with Crippen LogP contribution in [0.4, 0.5) is 4.39 Å². The molecule has 0 amide bonds. The van der Waals surface area contributed by atoms with Crippen LogP contribution in [0.1, 0.15) is 12.7 Å². The molecular weight excluding hydrogens is 317 g/mol. The fraction of sp³-hybridized carbons (Fsp3) is 0.333. The van der Waals surface area contributed by atoms with Gasteiger partial charge in [0, 0.05) is 11.6 Å². The summed E-state index contributed by atoms with van der Waals surface area (Å²) in [4.78, 5) is 4.19. The van der Waals surface area contributed by atoms with E-state index in [0.29, 0.717) is 15.9 Å². The summed E-state index contributed by atoms with van der Waals surface area (Å²) in [5.41, 5.74) is 5.63. The number of nitrogens with two attached hydrogens (primary N) is 1. The highest BCUT2D eigenvalue weighted by Gasteiger charge is 2.28. The van der Waals surface area contributed by atoms with Crippen LogP contribution in [-0.4, -0.2) is 23.9 Å². The minimum absolute atomic E-state index is 0.203. The Kier molecular flexibility index (Phi) is 3.98. The molecule has 0 fully saturated rings. The molecule has 0 bridgehead atoms. The number of benzene rings is 1. The first-order valence-corrected chi connectivity index (χ1v) is 6.31. The maximum Gasteiger partial charge on any atom is 0.259 e. The molecule has 0 aliphatic heterocycles. The Labute approximate surface area is 118 Å². The van der Waals surface area contributed by atoms with E-state index in [4.69, 9.17) is 15.0 Å². The highest BCUT2D eigenvalue weighted by Crippen LogP contribution is 2.28. The summed E-state index contributed by atoms with van der Waals surface area (Å²) in [6.45, 7) is 1.97. The third-order valence-electron chi connectivity index (χ3n) is 2.54. The lowest BCUT2D eigenvalue weighted by atomic mass is 10.1. The quantitative estimate of drug-likeness (QED) is 0.932. The summed E-state index contributed by atoms with van der Waals surface area (Å²) >= 11 is 3.31. The lowest BCUT2D eigenvalue weighted by Gasteiger charge is -2.18. The van der Waals surface area contributed by atoms with Crippen LogP contribution >= 0.6 is 15.9 Å². The van der Waals surface area contributed by atoms with Gasteiger partial charge in [0.1, 0.15) is 11.4 Å². The third kappa shape index (κ3) is 2.99. The van der Waals surface area contributed by atoms with E-state index >= 15 is 0 Å². The Bertz CT molecular complexity index is 586. The molecule has 0 saturated heterocycles. The molecule has 1 heterocycles. The van der Waals surface area contributed by atoms with E-state index in [2.05, 4.69) is 26.1 Å². The van der Waals surface area contributed by atoms with Gasteiger partial charge in [0.15, 0.2) is 5.82 Å². The first-order chi connectivity index (χ1) is 8.94. The molecule has 1 unspecified atom stereocenters. The van der Waals surface area contributed by atoms with Crippen LogP contribution in [0.15, 0.2) is 27.2 Å². The van der Waals surface area contributed by atoms with Crippen LogP contribution in [0.5, 0.6) is 0 Å². The van der Waals surface area contributed by atoms with Crippen molar-refractivity contribution in [1.29, 1.82) is 0 Å². The summed E-state index contributed by atoms with van der Waals surface area (Å²) in [5.74, 6) is 0.125. The van der Waals surface area contributed by atoms with Crippen molar-refractivity contribution in [2.24, 2.45) is 5.73 Å². The van der Waals surface area contributed by atoms with Crippen molar-refractivity contribution in [3.05, 3.63) is 34.3 Å². The van der Waals surface area contributed by atoms with Gasteiger partial charge in [-0.1, -0.05) is 5.16 Å². The number of aromatic nitrogens is 2. The average Bonchev–Trinajstić information content (AvgIpc) is 2.82. The molecule has 19 heavy (non-hydrogen) atoms. The van der Waals surface area contributed by atoms with Gasteiger partial charge >= 0.3 is 0 Å². The van der Waals surface area contributed by atoms with Gasteiger partial charge < -0.3 is 15.0 Å². The van der Waals surface area contributed by atoms with E-state index in [1.54, 1.807) is 13.0 Å². The largest absolute Gasteiger partial charge is 0.382 e. The molecule has 0 aliphatic carbocycles. The third-order valence-corrected chi connectivity index (χ3v) is 3.23. The fourth-order valence-electron chi connectivity index (χ4n) is 1.59. The number of hydrogen-bond acceptors (Lipinski definition) is 5. The second-order valence-electron chi connectivity index (χ2n) is 4.40. The van der Waals surface area contributed by atoms with Gasteiger partial charge in [0.2, 0.25) is 0 Å². The Hall–Kier alpha value is -1.31. The second kappa shape index (κ2) is 5.36. The van der Waals surface area contributed by atoms with Crippen molar-refractivity contribution in [1.82, 2.24) is 10.1 Å². The van der Waals surface area contributed by atoms with Gasteiger partial charge in [-0.05, 0) is 41.1 Å². The summed E-state index contributed by atoms with van der Waals surface area (Å²) in [6.07, 6.45) is 0. The average molecular weight is 330 g/mol. The molecule has 1 aromatic heterocycles. The van der Waals surface area contributed by atoms with Crippen molar-refractivity contribution >= 4 is 15.9 Å². The highest BCUT2D eigenvalue weighted by atomic mass is 79.9. The molecule has 1 atom stereocenters. The molecule has 0 radical (unpaired) electrons. The zero-order chi connectivity index (χ0) is 14.0. The summed E-state index contributed by atoms with van der Waals surface area (Å²) in [7, 11) is 1.54. The number of rotatable bonds is 4. The standard InChI is InChI=1S/C12H13BrFN3O2/c1-12(15,6-18-2)11-16-10(19-17-11)8-5-7(14)3-4-9(8)13/h3-5H,6,15H2,1-2H3. The maximum atomic E-state index is 13.2. The summed E-state index contributed by atoms with van der Waals surface area (Å²) in [5, 5.41) is 3.82. The lowest BCUT2D eigenvalue weighted by molar-refractivity contribution is 0.135. The van der Waals surface area contributed by atoms with Crippen molar-refractivity contribution in [3.8, 4) is 11.5 Å². The van der Waals surface area contributed by atoms with Crippen LogP contribution in [0, 0.1) is 5.82 Å². The molecule has 102 valence electrons. The van der Waals surface area contributed by atoms with Gasteiger partial charge in [-0.3, -0.25) is 0 Å². The minimum Gasteiger partial charge on any atom is -0.382 e. The van der Waals surface area contributed by atoms with Gasteiger partial charge in [-0.15, -0.1) is 0 Å². The molecule has 0 spiro atoms. The molecule has 2 rings (SSSR count). The monoisotopic (exact) mass is 329 g/mol. The number of halogens is 2. The van der Waals surface area contributed by atoms with Crippen molar-refractivity contribution in [2.75, 3.05) is 13.7 Å². The SMILES string of the molecule is COCC(C)(N)c1noc(-c2cc(F)ccc2Br)n1. The van der Waals surface area contributed by atoms with Crippen LogP contribution in [0.2, 0.25) is 0 Å². The van der Waals surface area contributed by atoms with E-state index in [1.165, 1.54) is 19.2 Å². The van der Waals surface area contributed by atoms with E-state index in [-0.39, 0.29) is 18.3 Å². The maximum absolute atomic E-state index is 13.2. The Morgan fingerprint density at radius 2 is 2.26 bits per heavy atom. The van der Waals surface area contributed by atoms with Crippen LogP contribution < -0.4 is 5.73 Å². The van der Waals surface area contributed by atoms with Crippen LogP contribution in [0.3, 0.4) is 0 Å². The smallest absolute Gasteiger partial charge is 0.259 e. The molecule has 7 heteroatoms. The Morgan fingerprint density at radius 1 is 1.53 bits per heavy atom. The molecule has 0 aliphatic rings. The predicted octanol–water partition coefficient (Wildman–Crippen LogP) is 2.46. The molecular formula is C12H13BrFN3O2. The molecule has 2 aromatic rings. The van der Waals surface area contributed by atoms with Gasteiger partial charge in [-0.2, -0.15) is 4.98 Å². The second-order valence-corrected chi connectivity index (χ2v) is 5.25. The van der Waals surface area contributed by atoms with Crippen molar-refractivity contribution in [3.63, 3.8) is 0 Å². The number of methoxy groups -OCH3 is 1. The first kappa shape index (κ1) is 14.1. The molecule has 0 saturated carbocycles. The van der Waals surface area contributed by atoms with Crippen LogP contribution in [0.25, 0.3) is 11.5 Å². The van der Waals surface area contributed by atoms with E-state index < -0.39 is 5.54 Å². The van der Waals surface area contributed by atoms with Gasteiger partial charge in [0.25, 0.3) is 5.89 Å². The number of nitrogens with zero attached hydrogens (tertiary/aromatic N) is 2. The number of ether oxygens (including phenoxy) is 1. The number of hydrogen-bond donors (Lipinski definition) is 1. The topological polar surface area (TPSA) is 74.2 Å². The van der Waals surface area contributed by atoms with Crippen molar-refractivity contribution < 1.29 is 13.7 Å². The van der Waals surface area contributed by atoms with Gasteiger partial charge in [0.05, 0.1) is 12.2 Å². The van der Waals surface area contributed by atoms with Crippen molar-refractivity contribution in [2.45, 2.75) is 12.5 Å². The minimum atomic E-state index is -0.865. The van der Waals surface area contributed by atoms with E-state index in [9.17, 15) is 4.39 Å². The molecule has 5 nitrogen and oxygen atoms in total. The summed E-state index contributed by atoms with van der Waals surface area (Å²) in [6, 6.07) is 4.22.